The van der Waals surface area contributed by atoms with Crippen molar-refractivity contribution in [2.75, 3.05) is 130 Å². The van der Waals surface area contributed by atoms with Gasteiger partial charge >= 0.3 is 0 Å². The maximum absolute atomic E-state index is 14.3. The first kappa shape index (κ1) is 71.7. The van der Waals surface area contributed by atoms with Crippen LogP contribution >= 0.6 is 0 Å². The van der Waals surface area contributed by atoms with Crippen LogP contribution in [0.4, 0.5) is 60.9 Å². The Balaban J connectivity index is 0.000000219. The summed E-state index contributed by atoms with van der Waals surface area (Å²) in [7, 11) is 1.00. The van der Waals surface area contributed by atoms with Gasteiger partial charge < -0.3 is 60.1 Å². The Hall–Kier alpha value is -9.65. The van der Waals surface area contributed by atoms with E-state index in [2.05, 4.69) is 81.5 Å². The number of carbonyl (C=O) groups excluding carboxylic acids is 4. The molecule has 3 amide bonds. The van der Waals surface area contributed by atoms with Crippen molar-refractivity contribution in [2.24, 2.45) is 17.8 Å². The Labute approximate surface area is 586 Å². The van der Waals surface area contributed by atoms with Crippen molar-refractivity contribution < 1.29 is 64.8 Å². The zero-order valence-corrected chi connectivity index (χ0v) is 56.7. The summed E-state index contributed by atoms with van der Waals surface area (Å²) in [6, 6.07) is 5.19. The van der Waals surface area contributed by atoms with Crippen LogP contribution in [0.1, 0.15) is 163 Å². The van der Waals surface area contributed by atoms with Gasteiger partial charge in [0.2, 0.25) is 0 Å². The number of halogens is 6. The van der Waals surface area contributed by atoms with Gasteiger partial charge in [0.25, 0.3) is 37.0 Å². The molecular formula is C67H82F6N22O8. The number of rotatable bonds is 20. The van der Waals surface area contributed by atoms with Crippen molar-refractivity contribution in [3.63, 3.8) is 0 Å². The van der Waals surface area contributed by atoms with Gasteiger partial charge in [-0.25, -0.2) is 54.8 Å². The predicted octanol–water partition coefficient (Wildman–Crippen LogP) is 8.46. The summed E-state index contributed by atoms with van der Waals surface area (Å²) < 4.78 is 110. The van der Waals surface area contributed by atoms with Crippen LogP contribution in [0.5, 0.6) is 0 Å². The summed E-state index contributed by atoms with van der Waals surface area (Å²) in [6.45, 7) is 9.16. The minimum absolute atomic E-state index is 0.00558. The molecule has 103 heavy (non-hydrogen) atoms. The average molecular weight is 1440 g/mol. The van der Waals surface area contributed by atoms with Gasteiger partial charge in [0, 0.05) is 89.5 Å². The highest BCUT2D eigenvalue weighted by Gasteiger charge is 2.33. The van der Waals surface area contributed by atoms with E-state index in [-0.39, 0.29) is 57.8 Å². The highest BCUT2D eigenvalue weighted by atomic mass is 19.3. The third-order valence-corrected chi connectivity index (χ3v) is 20.0. The molecule has 30 nitrogen and oxygen atoms in total. The van der Waals surface area contributed by atoms with Gasteiger partial charge in [-0.3, -0.25) is 28.4 Å². The number of hydrogen-bond acceptors (Lipinski definition) is 21. The minimum Gasteiger partial charge on any atom is -0.400 e. The zero-order valence-electron chi connectivity index (χ0n) is 56.7. The number of anilines is 6. The number of aldehydes is 1. The van der Waals surface area contributed by atoms with Crippen molar-refractivity contribution in [2.45, 2.75) is 114 Å². The fourth-order valence-electron chi connectivity index (χ4n) is 14.3. The first-order chi connectivity index (χ1) is 50.2. The molecule has 0 atom stereocenters. The standard InChI is InChI=1S/C44H53F4N15O4.C22H25F2N7O3.CH4O/c45-39(46)37-33(52-43(64)31-23-50-60-11-9-35(54-41(31)60)58-13-17-66-18-14-58)25-62(56-37)29-5-1-27(2-6-29)21-49-22-28-3-7-30(8-4-28)63-26-34(38(57-63)40(47)48)53-44(65)32-24-51-61-12-10-36(55-42(32)61)59-15-19-67-20-16-59;23-20(24)19-17(12-31(28-19)15-3-1-14(13-32)2-4-15)26-22(33)16-11-25-30-6-5-18(27-21(16)30)29-7-9-34-10-8-29;1-2/h9-12,23-30,39-40,49H,1-8,13-22H2,(H,52,64)(H,53,65);5-6,11-15,20H,1-4,7-10H2,(H,26,33);2H,1H3. The number of carbonyl (C=O) groups is 4. The number of aliphatic hydroxyl groups excluding tert-OH is 1. The van der Waals surface area contributed by atoms with E-state index in [1.54, 1.807) is 28.0 Å². The SMILES string of the molecule is CO.O=C(Nc1cn(C2CCC(CNCC3CCC(n4cc(NC(=O)c5cnn6ccc(N7CCOCC7)nc56)c(C(F)F)n4)CC3)CC2)nc1C(F)F)c1cnn2ccc(N3CCOCC3)nc12.O=CC1CCC(n2cc(NC(=O)c3cnn4ccc(N5CCOCC5)nc34)c(C(F)F)n2)CC1. The molecule has 0 unspecified atom stereocenters. The highest BCUT2D eigenvalue weighted by Crippen LogP contribution is 2.39. The first-order valence-electron chi connectivity index (χ1n) is 34.9. The lowest BCUT2D eigenvalue weighted by Crippen LogP contribution is -2.36. The smallest absolute Gasteiger partial charge is 0.284 e. The number of fused-ring (bicyclic) bond motifs is 3. The summed E-state index contributed by atoms with van der Waals surface area (Å²) in [6.07, 6.45) is 15.4. The van der Waals surface area contributed by atoms with Crippen LogP contribution in [0.25, 0.3) is 16.9 Å². The number of aromatic nitrogens is 15. The number of morpholine rings is 3. The molecular weight excluding hydrogens is 1350 g/mol. The molecule has 3 aliphatic heterocycles. The first-order valence-corrected chi connectivity index (χ1v) is 34.9. The van der Waals surface area contributed by atoms with E-state index in [4.69, 9.17) is 19.3 Å². The molecule has 550 valence electrons. The minimum atomic E-state index is -2.88. The lowest BCUT2D eigenvalue weighted by atomic mass is 9.84. The van der Waals surface area contributed by atoms with Gasteiger partial charge in [-0.1, -0.05) is 0 Å². The molecule has 6 aliphatic rings. The van der Waals surface area contributed by atoms with Crippen molar-refractivity contribution in [1.29, 1.82) is 0 Å². The predicted molar refractivity (Wildman–Crippen MR) is 364 cm³/mol. The Kier molecular flexibility index (Phi) is 22.8. The van der Waals surface area contributed by atoms with Crippen molar-refractivity contribution in [3.8, 4) is 0 Å². The molecule has 5 N–H and O–H groups in total. The summed E-state index contributed by atoms with van der Waals surface area (Å²) in [4.78, 5) is 71.1. The lowest BCUT2D eigenvalue weighted by Gasteiger charge is -2.31. The van der Waals surface area contributed by atoms with Gasteiger partial charge in [0.15, 0.2) is 34.0 Å². The summed E-state index contributed by atoms with van der Waals surface area (Å²) >= 11 is 0. The van der Waals surface area contributed by atoms with Crippen LogP contribution in [0.15, 0.2) is 74.0 Å². The molecule has 9 aromatic rings. The Morgan fingerprint density at radius 1 is 0.466 bits per heavy atom. The second-order valence-electron chi connectivity index (χ2n) is 26.3. The molecule has 9 aromatic heterocycles. The van der Waals surface area contributed by atoms with E-state index in [9.17, 15) is 45.5 Å². The molecule has 36 heteroatoms. The van der Waals surface area contributed by atoms with E-state index in [0.717, 1.165) is 77.9 Å². The van der Waals surface area contributed by atoms with Gasteiger partial charge in [-0.15, -0.1) is 0 Å². The summed E-state index contributed by atoms with van der Waals surface area (Å²) in [5, 5.41) is 43.8. The van der Waals surface area contributed by atoms with Crippen LogP contribution in [0.3, 0.4) is 0 Å². The van der Waals surface area contributed by atoms with Crippen LogP contribution in [0.2, 0.25) is 0 Å². The molecule has 6 fully saturated rings. The van der Waals surface area contributed by atoms with Gasteiger partial charge in [0.1, 0.15) is 40.4 Å². The molecule has 3 saturated heterocycles. The number of nitrogens with zero attached hydrogens (tertiary/aromatic N) is 18. The number of ether oxygens (including phenoxy) is 3. The van der Waals surface area contributed by atoms with Gasteiger partial charge in [-0.05, 0) is 120 Å². The molecule has 15 rings (SSSR count). The number of aliphatic hydroxyl groups is 1. The van der Waals surface area contributed by atoms with Crippen LogP contribution in [0, 0.1) is 17.8 Å². The number of nitrogens with one attached hydrogen (secondary N) is 4. The second-order valence-corrected chi connectivity index (χ2v) is 26.3. The highest BCUT2D eigenvalue weighted by molar-refractivity contribution is 6.10. The Bertz CT molecular complexity index is 4180. The molecule has 0 bridgehead atoms. The van der Waals surface area contributed by atoms with E-state index in [1.165, 1.54) is 55.4 Å². The monoisotopic (exact) mass is 1440 g/mol. The average Bonchev–Trinajstić information content (AvgIpc) is 1.66. The third-order valence-electron chi connectivity index (χ3n) is 20.0. The van der Waals surface area contributed by atoms with Gasteiger partial charge in [0.05, 0.1) is 93.4 Å². The molecule has 0 aromatic carbocycles. The van der Waals surface area contributed by atoms with E-state index < -0.39 is 54.1 Å². The van der Waals surface area contributed by atoms with Crippen LogP contribution in [-0.4, -0.2) is 201 Å². The summed E-state index contributed by atoms with van der Waals surface area (Å²) in [5.41, 5.74) is -0.0598. The van der Waals surface area contributed by atoms with Crippen molar-refractivity contribution in [1.82, 2.24) is 78.5 Å². The van der Waals surface area contributed by atoms with E-state index in [1.807, 2.05) is 18.2 Å². The molecule has 3 aliphatic carbocycles. The fraction of sp³-hybridized carbons (Fsp3) is 0.537. The molecule has 0 radical (unpaired) electrons. The quantitative estimate of drug-likeness (QED) is 0.0353. The molecule has 3 saturated carbocycles. The largest absolute Gasteiger partial charge is 0.400 e. The molecule has 12 heterocycles. The van der Waals surface area contributed by atoms with Crippen molar-refractivity contribution in [3.05, 3.63) is 108 Å². The normalized spacial score (nSPS) is 21.2. The van der Waals surface area contributed by atoms with Crippen LogP contribution < -0.4 is 36.0 Å². The fourth-order valence-corrected chi connectivity index (χ4v) is 14.3. The number of hydrogen-bond donors (Lipinski definition) is 5. The summed E-state index contributed by atoms with van der Waals surface area (Å²) in [5.74, 6) is 1.10. The van der Waals surface area contributed by atoms with Gasteiger partial charge in [-0.2, -0.15) is 30.6 Å². The second kappa shape index (κ2) is 32.8. The lowest BCUT2D eigenvalue weighted by molar-refractivity contribution is -0.112. The topological polar surface area (TPSA) is 318 Å². The zero-order chi connectivity index (χ0) is 71.7. The van der Waals surface area contributed by atoms with Crippen molar-refractivity contribution >= 4 is 75.5 Å². The Morgan fingerprint density at radius 3 is 1.04 bits per heavy atom. The number of amides is 3. The number of alkyl halides is 6. The maximum Gasteiger partial charge on any atom is 0.284 e. The van der Waals surface area contributed by atoms with E-state index >= 15 is 0 Å². The maximum atomic E-state index is 14.3. The van der Waals surface area contributed by atoms with E-state index in [0.29, 0.717) is 151 Å². The molecule has 0 spiro atoms. The Morgan fingerprint density at radius 2 is 0.757 bits per heavy atom. The van der Waals surface area contributed by atoms with Crippen LogP contribution in [-0.2, 0) is 19.0 Å². The third kappa shape index (κ3) is 16.4.